The monoisotopic (exact) mass is 278 g/mol. The van der Waals surface area contributed by atoms with Crippen LogP contribution in [0.2, 0.25) is 0 Å². The van der Waals surface area contributed by atoms with Crippen LogP contribution in [0.1, 0.15) is 72.6 Å². The summed E-state index contributed by atoms with van der Waals surface area (Å²) in [5.41, 5.74) is 0.935. The van der Waals surface area contributed by atoms with Gasteiger partial charge in [0.05, 0.1) is 0 Å². The van der Waals surface area contributed by atoms with Crippen LogP contribution < -0.4 is 10.6 Å². The van der Waals surface area contributed by atoms with Gasteiger partial charge in [0.2, 0.25) is 0 Å². The van der Waals surface area contributed by atoms with E-state index in [1.807, 2.05) is 0 Å². The van der Waals surface area contributed by atoms with E-state index in [9.17, 15) is 0 Å². The Kier molecular flexibility index (Phi) is 3.92. The zero-order chi connectivity index (χ0) is 14.4. The lowest BCUT2D eigenvalue weighted by molar-refractivity contribution is 0.176. The molecule has 0 bridgehead atoms. The zero-order valence-electron chi connectivity index (χ0n) is 14.0. The van der Waals surface area contributed by atoms with Crippen LogP contribution in [-0.2, 0) is 0 Å². The molecular weight excluding hydrogens is 244 g/mol. The van der Waals surface area contributed by atoms with Crippen molar-refractivity contribution >= 4 is 0 Å². The van der Waals surface area contributed by atoms with Gasteiger partial charge in [-0.15, -0.1) is 0 Å². The first-order chi connectivity index (χ1) is 9.44. The average Bonchev–Trinajstić information content (AvgIpc) is 2.83. The molecule has 116 valence electrons. The van der Waals surface area contributed by atoms with E-state index in [4.69, 9.17) is 0 Å². The molecule has 0 radical (unpaired) electrons. The third-order valence-corrected chi connectivity index (χ3v) is 7.09. The predicted octanol–water partition coefficient (Wildman–Crippen LogP) is 3.71. The van der Waals surface area contributed by atoms with Crippen LogP contribution in [0, 0.1) is 16.7 Å². The van der Waals surface area contributed by atoms with E-state index in [1.54, 1.807) is 0 Å². The molecule has 1 saturated heterocycles. The fourth-order valence-corrected chi connectivity index (χ4v) is 4.92. The maximum absolute atomic E-state index is 4.08. The van der Waals surface area contributed by atoms with Gasteiger partial charge in [0.15, 0.2) is 0 Å². The molecule has 2 nitrogen and oxygen atoms in total. The summed E-state index contributed by atoms with van der Waals surface area (Å²) in [6.07, 6.45) is 9.91. The van der Waals surface area contributed by atoms with Gasteiger partial charge in [0.25, 0.3) is 0 Å². The smallest absolute Gasteiger partial charge is 0.0183 e. The molecule has 1 aliphatic heterocycles. The highest BCUT2D eigenvalue weighted by Crippen LogP contribution is 2.63. The number of piperidine rings is 1. The third kappa shape index (κ3) is 2.43. The molecule has 0 aromatic carbocycles. The summed E-state index contributed by atoms with van der Waals surface area (Å²) in [4.78, 5) is 0. The molecule has 2 saturated carbocycles. The summed E-state index contributed by atoms with van der Waals surface area (Å²) < 4.78 is 0. The molecule has 2 heteroatoms. The van der Waals surface area contributed by atoms with Crippen molar-refractivity contribution in [1.82, 2.24) is 10.6 Å². The van der Waals surface area contributed by atoms with Crippen molar-refractivity contribution in [3.05, 3.63) is 0 Å². The molecule has 3 atom stereocenters. The SMILES string of the molecule is CC1(C)C(NC2CCCCC2C2CCCCN2)C1(C)C. The van der Waals surface area contributed by atoms with E-state index in [2.05, 4.69) is 38.3 Å². The Labute approximate surface area is 125 Å². The second kappa shape index (κ2) is 5.28. The van der Waals surface area contributed by atoms with E-state index in [1.165, 1.54) is 51.5 Å². The van der Waals surface area contributed by atoms with Crippen LogP contribution in [-0.4, -0.2) is 24.7 Å². The van der Waals surface area contributed by atoms with Crippen molar-refractivity contribution < 1.29 is 0 Å². The summed E-state index contributed by atoms with van der Waals surface area (Å²) in [6.45, 7) is 11.0. The molecule has 3 rings (SSSR count). The molecular formula is C18H34N2. The van der Waals surface area contributed by atoms with Gasteiger partial charge in [-0.3, -0.25) is 0 Å². The van der Waals surface area contributed by atoms with Crippen molar-refractivity contribution in [2.24, 2.45) is 16.7 Å². The predicted molar refractivity (Wildman–Crippen MR) is 85.9 cm³/mol. The van der Waals surface area contributed by atoms with Gasteiger partial charge >= 0.3 is 0 Å². The van der Waals surface area contributed by atoms with E-state index in [0.29, 0.717) is 16.9 Å². The molecule has 0 aromatic heterocycles. The highest BCUT2D eigenvalue weighted by atomic mass is 15.1. The molecule has 0 amide bonds. The Morgan fingerprint density at radius 3 is 2.10 bits per heavy atom. The normalized spacial score (nSPS) is 40.5. The second-order valence-corrected chi connectivity index (χ2v) is 8.65. The molecule has 2 N–H and O–H groups in total. The minimum absolute atomic E-state index is 0.467. The number of hydrogen-bond acceptors (Lipinski definition) is 2. The van der Waals surface area contributed by atoms with Crippen molar-refractivity contribution in [1.29, 1.82) is 0 Å². The maximum Gasteiger partial charge on any atom is 0.0183 e. The third-order valence-electron chi connectivity index (χ3n) is 7.09. The van der Waals surface area contributed by atoms with Crippen molar-refractivity contribution in [2.75, 3.05) is 6.54 Å². The molecule has 3 fully saturated rings. The summed E-state index contributed by atoms with van der Waals surface area (Å²) >= 11 is 0. The number of rotatable bonds is 3. The van der Waals surface area contributed by atoms with E-state index < -0.39 is 0 Å². The molecule has 3 aliphatic rings. The Morgan fingerprint density at radius 2 is 1.50 bits per heavy atom. The fourth-order valence-electron chi connectivity index (χ4n) is 4.92. The van der Waals surface area contributed by atoms with Gasteiger partial charge in [-0.2, -0.15) is 0 Å². The minimum Gasteiger partial charge on any atom is -0.314 e. The summed E-state index contributed by atoms with van der Waals surface area (Å²) in [7, 11) is 0. The van der Waals surface area contributed by atoms with E-state index in [-0.39, 0.29) is 0 Å². The Hall–Kier alpha value is -0.0800. The highest BCUT2D eigenvalue weighted by molar-refractivity contribution is 5.18. The average molecular weight is 278 g/mol. The molecule has 1 heterocycles. The van der Waals surface area contributed by atoms with Crippen LogP contribution in [0.4, 0.5) is 0 Å². The molecule has 3 unspecified atom stereocenters. The summed E-state index contributed by atoms with van der Waals surface area (Å²) in [6, 6.07) is 2.25. The van der Waals surface area contributed by atoms with Crippen LogP contribution in [0.15, 0.2) is 0 Å². The van der Waals surface area contributed by atoms with Crippen molar-refractivity contribution in [3.63, 3.8) is 0 Å². The first-order valence-electron chi connectivity index (χ1n) is 8.94. The first kappa shape index (κ1) is 14.8. The van der Waals surface area contributed by atoms with Crippen molar-refractivity contribution in [3.8, 4) is 0 Å². The van der Waals surface area contributed by atoms with Crippen LogP contribution >= 0.6 is 0 Å². The lowest BCUT2D eigenvalue weighted by Gasteiger charge is -2.40. The Morgan fingerprint density at radius 1 is 0.850 bits per heavy atom. The van der Waals surface area contributed by atoms with Crippen LogP contribution in [0.5, 0.6) is 0 Å². The number of hydrogen-bond donors (Lipinski definition) is 2. The lowest BCUT2D eigenvalue weighted by Crippen LogP contribution is -2.51. The second-order valence-electron chi connectivity index (χ2n) is 8.65. The topological polar surface area (TPSA) is 24.1 Å². The van der Waals surface area contributed by atoms with E-state index in [0.717, 1.165) is 18.0 Å². The summed E-state index contributed by atoms with van der Waals surface area (Å²) in [5.74, 6) is 0.872. The lowest BCUT2D eigenvalue weighted by atomic mass is 9.77. The van der Waals surface area contributed by atoms with Crippen molar-refractivity contribution in [2.45, 2.75) is 90.8 Å². The fraction of sp³-hybridized carbons (Fsp3) is 1.00. The molecule has 2 aliphatic carbocycles. The van der Waals surface area contributed by atoms with Gasteiger partial charge in [0.1, 0.15) is 0 Å². The number of nitrogens with one attached hydrogen (secondary N) is 2. The minimum atomic E-state index is 0.467. The van der Waals surface area contributed by atoms with Crippen LogP contribution in [0.3, 0.4) is 0 Å². The Balaban J connectivity index is 1.64. The van der Waals surface area contributed by atoms with Gasteiger partial charge in [-0.05, 0) is 49.0 Å². The molecule has 0 spiro atoms. The quantitative estimate of drug-likeness (QED) is 0.822. The van der Waals surface area contributed by atoms with Gasteiger partial charge < -0.3 is 10.6 Å². The highest BCUT2D eigenvalue weighted by Gasteiger charge is 2.65. The zero-order valence-corrected chi connectivity index (χ0v) is 14.0. The van der Waals surface area contributed by atoms with Gasteiger partial charge in [0, 0.05) is 18.1 Å². The van der Waals surface area contributed by atoms with Gasteiger partial charge in [-0.25, -0.2) is 0 Å². The van der Waals surface area contributed by atoms with E-state index >= 15 is 0 Å². The molecule has 20 heavy (non-hydrogen) atoms. The molecule has 0 aromatic rings. The largest absolute Gasteiger partial charge is 0.314 e. The first-order valence-corrected chi connectivity index (χ1v) is 8.94. The van der Waals surface area contributed by atoms with Crippen LogP contribution in [0.25, 0.3) is 0 Å². The summed E-state index contributed by atoms with van der Waals surface area (Å²) in [5, 5.41) is 7.89. The maximum atomic E-state index is 4.08. The van der Waals surface area contributed by atoms with Gasteiger partial charge in [-0.1, -0.05) is 47.0 Å². The standard InChI is InChI=1S/C18H34N2/c1-17(2)16(18(17,3)4)20-15-11-6-5-9-13(15)14-10-7-8-12-19-14/h13-16,19-20H,5-12H2,1-4H3. The Bertz CT molecular complexity index is 327.